The molecule has 1 fully saturated rings. The number of carbonyl (C=O) groups is 2. The largest absolute Gasteiger partial charge is 0.490 e. The molecule has 2 aromatic rings. The van der Waals surface area contributed by atoms with Crippen molar-refractivity contribution in [1.29, 1.82) is 0 Å². The molecule has 192 valence electrons. The summed E-state index contributed by atoms with van der Waals surface area (Å²) in [6.07, 6.45) is -2.75. The highest BCUT2D eigenvalue weighted by molar-refractivity contribution is 6.30. The molecule has 1 heterocycles. The number of halogens is 4. The zero-order chi connectivity index (χ0) is 26.0. The molecular formula is C24H29ClF3N3O4. The molecule has 1 amide bonds. The van der Waals surface area contributed by atoms with E-state index in [0.717, 1.165) is 30.0 Å². The first-order valence-electron chi connectivity index (χ1n) is 11.1. The van der Waals surface area contributed by atoms with Gasteiger partial charge in [0.25, 0.3) is 0 Å². The normalized spacial score (nSPS) is 15.1. The summed E-state index contributed by atoms with van der Waals surface area (Å²) < 4.78 is 31.7. The maximum absolute atomic E-state index is 12.5. The molecule has 1 aliphatic rings. The minimum atomic E-state index is -5.08. The number of aliphatic hydroxyl groups excluding tert-OH is 1. The summed E-state index contributed by atoms with van der Waals surface area (Å²) in [6.45, 7) is 4.26. The first kappa shape index (κ1) is 28.4. The van der Waals surface area contributed by atoms with Crippen molar-refractivity contribution in [2.24, 2.45) is 0 Å². The van der Waals surface area contributed by atoms with Gasteiger partial charge in [0.15, 0.2) is 0 Å². The first-order chi connectivity index (χ1) is 16.5. The lowest BCUT2D eigenvalue weighted by molar-refractivity contribution is -0.192. The van der Waals surface area contributed by atoms with E-state index in [4.69, 9.17) is 21.5 Å². The molecule has 11 heteroatoms. The zero-order valence-corrected chi connectivity index (χ0v) is 19.9. The molecule has 0 aliphatic carbocycles. The Labute approximate surface area is 206 Å². The highest BCUT2D eigenvalue weighted by Gasteiger charge is 2.38. The number of anilines is 2. The number of nitrogens with zero attached hydrogens (tertiary/aromatic N) is 1. The fourth-order valence-corrected chi connectivity index (χ4v) is 3.63. The summed E-state index contributed by atoms with van der Waals surface area (Å²) in [5, 5.41) is 24.1. The van der Waals surface area contributed by atoms with Crippen molar-refractivity contribution >= 4 is 34.9 Å². The van der Waals surface area contributed by atoms with E-state index >= 15 is 0 Å². The van der Waals surface area contributed by atoms with Gasteiger partial charge in [-0.2, -0.15) is 13.2 Å². The summed E-state index contributed by atoms with van der Waals surface area (Å²) in [5.74, 6) is -2.87. The van der Waals surface area contributed by atoms with Gasteiger partial charge in [-0.05, 0) is 62.1 Å². The number of amides is 1. The molecule has 2 unspecified atom stereocenters. The third kappa shape index (κ3) is 10.1. The second kappa shape index (κ2) is 13.3. The maximum Gasteiger partial charge on any atom is 0.490 e. The van der Waals surface area contributed by atoms with E-state index in [1.54, 1.807) is 13.0 Å². The van der Waals surface area contributed by atoms with E-state index in [-0.39, 0.29) is 5.91 Å². The molecule has 2 atom stereocenters. The number of hydrogen-bond acceptors (Lipinski definition) is 5. The first-order valence-corrected chi connectivity index (χ1v) is 11.5. The van der Waals surface area contributed by atoms with Crippen LogP contribution < -0.4 is 15.5 Å². The molecule has 1 aliphatic heterocycles. The van der Waals surface area contributed by atoms with Crippen molar-refractivity contribution in [3.05, 3.63) is 59.1 Å². The van der Waals surface area contributed by atoms with E-state index in [0.29, 0.717) is 18.0 Å². The van der Waals surface area contributed by atoms with Crippen LogP contribution in [0.1, 0.15) is 25.3 Å². The van der Waals surface area contributed by atoms with Crippen LogP contribution in [-0.2, 0) is 16.0 Å². The van der Waals surface area contributed by atoms with Gasteiger partial charge < -0.3 is 25.7 Å². The van der Waals surface area contributed by atoms with Crippen LogP contribution in [0.25, 0.3) is 0 Å². The molecule has 1 saturated heterocycles. The predicted octanol–water partition coefficient (Wildman–Crippen LogP) is 4.09. The number of hydrogen-bond donors (Lipinski definition) is 4. The van der Waals surface area contributed by atoms with Crippen LogP contribution in [0, 0.1) is 0 Å². The SMILES string of the molecule is CC(NCC(O)Cc1cccc(Cl)c1)C(=O)Nc1cccc(N2CCCC2)c1.O=C(O)C(F)(F)F. The average molecular weight is 516 g/mol. The molecule has 7 nitrogen and oxygen atoms in total. The Morgan fingerprint density at radius 3 is 2.34 bits per heavy atom. The Balaban J connectivity index is 0.000000540. The lowest BCUT2D eigenvalue weighted by atomic mass is 10.1. The maximum atomic E-state index is 12.5. The Morgan fingerprint density at radius 2 is 1.74 bits per heavy atom. The summed E-state index contributed by atoms with van der Waals surface area (Å²) in [5.41, 5.74) is 2.91. The molecule has 0 spiro atoms. The summed E-state index contributed by atoms with van der Waals surface area (Å²) in [4.78, 5) is 23.7. The third-order valence-electron chi connectivity index (χ3n) is 5.24. The van der Waals surface area contributed by atoms with Crippen LogP contribution in [0.4, 0.5) is 24.5 Å². The predicted molar refractivity (Wildman–Crippen MR) is 129 cm³/mol. The molecule has 0 bridgehead atoms. The number of aliphatic carboxylic acids is 1. The lowest BCUT2D eigenvalue weighted by Gasteiger charge is -2.20. The number of nitrogens with one attached hydrogen (secondary N) is 2. The lowest BCUT2D eigenvalue weighted by Crippen LogP contribution is -2.42. The molecule has 2 aromatic carbocycles. The highest BCUT2D eigenvalue weighted by Crippen LogP contribution is 2.23. The summed E-state index contributed by atoms with van der Waals surface area (Å²) >= 11 is 5.97. The molecule has 3 rings (SSSR count). The van der Waals surface area contributed by atoms with Gasteiger partial charge >= 0.3 is 12.1 Å². The Bertz CT molecular complexity index is 984. The molecule has 0 aromatic heterocycles. The zero-order valence-electron chi connectivity index (χ0n) is 19.2. The van der Waals surface area contributed by atoms with Crippen LogP contribution in [0.15, 0.2) is 48.5 Å². The second-order valence-corrected chi connectivity index (χ2v) is 8.59. The van der Waals surface area contributed by atoms with Gasteiger partial charge in [-0.25, -0.2) is 4.79 Å². The van der Waals surface area contributed by atoms with E-state index in [9.17, 15) is 23.1 Å². The van der Waals surface area contributed by atoms with Gasteiger partial charge in [0.05, 0.1) is 12.1 Å². The highest BCUT2D eigenvalue weighted by atomic mass is 35.5. The molecule has 0 saturated carbocycles. The molecule has 35 heavy (non-hydrogen) atoms. The van der Waals surface area contributed by atoms with Crippen LogP contribution in [0.2, 0.25) is 5.02 Å². The van der Waals surface area contributed by atoms with E-state index in [1.165, 1.54) is 12.8 Å². The number of rotatable bonds is 8. The van der Waals surface area contributed by atoms with Crippen molar-refractivity contribution in [1.82, 2.24) is 5.32 Å². The average Bonchev–Trinajstić information content (AvgIpc) is 3.32. The quantitative estimate of drug-likeness (QED) is 0.422. The van der Waals surface area contributed by atoms with Crippen LogP contribution >= 0.6 is 11.6 Å². The second-order valence-electron chi connectivity index (χ2n) is 8.15. The van der Waals surface area contributed by atoms with Crippen molar-refractivity contribution < 1.29 is 33.0 Å². The van der Waals surface area contributed by atoms with Crippen molar-refractivity contribution in [2.45, 2.75) is 44.5 Å². The number of carbonyl (C=O) groups excluding carboxylic acids is 1. The van der Waals surface area contributed by atoms with Crippen LogP contribution in [0.3, 0.4) is 0 Å². The van der Waals surface area contributed by atoms with Crippen LogP contribution in [0.5, 0.6) is 0 Å². The number of carboxylic acids is 1. The fourth-order valence-electron chi connectivity index (χ4n) is 3.42. The molecule has 0 radical (unpaired) electrons. The van der Waals surface area contributed by atoms with Gasteiger partial charge in [-0.3, -0.25) is 4.79 Å². The Hall–Kier alpha value is -2.82. The number of alkyl halides is 3. The third-order valence-corrected chi connectivity index (χ3v) is 5.48. The monoisotopic (exact) mass is 515 g/mol. The van der Waals surface area contributed by atoms with Gasteiger partial charge in [0.2, 0.25) is 5.91 Å². The van der Waals surface area contributed by atoms with Gasteiger partial charge in [0, 0.05) is 36.0 Å². The molecular weight excluding hydrogens is 487 g/mol. The van der Waals surface area contributed by atoms with Crippen molar-refractivity contribution in [2.75, 3.05) is 29.9 Å². The number of carboxylic acid groups (broad SMARTS) is 1. The minimum Gasteiger partial charge on any atom is -0.475 e. The summed E-state index contributed by atoms with van der Waals surface area (Å²) in [6, 6.07) is 15.0. The fraction of sp³-hybridized carbons (Fsp3) is 0.417. The standard InChI is InChI=1S/C22H28ClN3O2.C2HF3O2/c1-16(24-15-21(27)13-17-6-4-7-18(23)12-17)22(28)25-19-8-5-9-20(14-19)26-10-2-3-11-26;3-2(4,5)1(6)7/h4-9,12,14,16,21,24,27H,2-3,10-11,13,15H2,1H3,(H,25,28);(H,6,7). The van der Waals surface area contributed by atoms with Gasteiger partial charge in [-0.15, -0.1) is 0 Å². The van der Waals surface area contributed by atoms with Crippen molar-refractivity contribution in [3.8, 4) is 0 Å². The molecule has 4 N–H and O–H groups in total. The van der Waals surface area contributed by atoms with E-state index < -0.39 is 24.3 Å². The smallest absolute Gasteiger partial charge is 0.475 e. The van der Waals surface area contributed by atoms with E-state index in [2.05, 4.69) is 21.6 Å². The van der Waals surface area contributed by atoms with Crippen LogP contribution in [-0.4, -0.2) is 60.0 Å². The van der Waals surface area contributed by atoms with Gasteiger partial charge in [-0.1, -0.05) is 29.8 Å². The van der Waals surface area contributed by atoms with Gasteiger partial charge in [0.1, 0.15) is 0 Å². The van der Waals surface area contributed by atoms with E-state index in [1.807, 2.05) is 36.4 Å². The Morgan fingerprint density at radius 1 is 1.11 bits per heavy atom. The summed E-state index contributed by atoms with van der Waals surface area (Å²) in [7, 11) is 0. The minimum absolute atomic E-state index is 0.117. The number of aliphatic hydroxyl groups is 1. The number of benzene rings is 2. The topological polar surface area (TPSA) is 102 Å². The Kier molecular flexibility index (Phi) is 10.8. The van der Waals surface area contributed by atoms with Crippen molar-refractivity contribution in [3.63, 3.8) is 0 Å².